The number of allylic oxidation sites excluding steroid dienone is 2. The Morgan fingerprint density at radius 2 is 0.611 bits per heavy atom. The summed E-state index contributed by atoms with van der Waals surface area (Å²) in [5, 5.41) is 0. The fourth-order valence-electron chi connectivity index (χ4n) is 6.91. The molecule has 1 unspecified atom stereocenters. The van der Waals surface area contributed by atoms with Crippen LogP contribution in [0.3, 0.4) is 0 Å². The maximum atomic E-state index is 12.7. The second kappa shape index (κ2) is 43.9. The van der Waals surface area contributed by atoms with Gasteiger partial charge in [0, 0.05) is 19.3 Å². The Hall–Kier alpha value is -1.85. The zero-order valence-corrected chi connectivity index (χ0v) is 36.3. The van der Waals surface area contributed by atoms with E-state index in [4.69, 9.17) is 14.2 Å². The Kier molecular flexibility index (Phi) is 42.4. The molecule has 6 nitrogen and oxygen atoms in total. The van der Waals surface area contributed by atoms with Gasteiger partial charge in [-0.1, -0.05) is 206 Å². The number of rotatable bonds is 43. The molecule has 0 aliphatic heterocycles. The molecule has 0 saturated heterocycles. The molecule has 0 fully saturated rings. The molecule has 6 heteroatoms. The van der Waals surface area contributed by atoms with E-state index in [1.807, 2.05) is 0 Å². The van der Waals surface area contributed by atoms with Crippen molar-refractivity contribution < 1.29 is 28.6 Å². The number of ether oxygens (including phenoxy) is 3. The fourth-order valence-corrected chi connectivity index (χ4v) is 6.91. The predicted octanol–water partition coefficient (Wildman–Crippen LogP) is 15.0. The van der Waals surface area contributed by atoms with Crippen molar-refractivity contribution in [2.45, 2.75) is 264 Å². The third-order valence-corrected chi connectivity index (χ3v) is 10.5. The quantitative estimate of drug-likeness (QED) is 0.0266. The molecule has 0 bridgehead atoms. The lowest BCUT2D eigenvalue weighted by Crippen LogP contribution is -2.30. The molecule has 318 valence electrons. The average molecular weight is 763 g/mol. The minimum atomic E-state index is -0.764. The molecule has 54 heavy (non-hydrogen) atoms. The maximum absolute atomic E-state index is 12.7. The molecule has 0 aromatic rings. The molecule has 0 heterocycles. The maximum Gasteiger partial charge on any atom is 0.306 e. The van der Waals surface area contributed by atoms with Gasteiger partial charge in [0.25, 0.3) is 0 Å². The van der Waals surface area contributed by atoms with Crippen LogP contribution >= 0.6 is 0 Å². The lowest BCUT2D eigenvalue weighted by molar-refractivity contribution is -0.167. The number of hydrogen-bond acceptors (Lipinski definition) is 6. The first-order valence-corrected chi connectivity index (χ1v) is 23.7. The summed E-state index contributed by atoms with van der Waals surface area (Å²) in [7, 11) is 0. The Morgan fingerprint density at radius 1 is 0.352 bits per heavy atom. The molecule has 1 atom stereocenters. The van der Waals surface area contributed by atoms with Crippen LogP contribution in [0.15, 0.2) is 12.2 Å². The first kappa shape index (κ1) is 52.2. The molecule has 0 spiro atoms. The predicted molar refractivity (Wildman–Crippen MR) is 229 cm³/mol. The van der Waals surface area contributed by atoms with Crippen LogP contribution in [0.4, 0.5) is 0 Å². The van der Waals surface area contributed by atoms with Gasteiger partial charge in [-0.25, -0.2) is 0 Å². The minimum absolute atomic E-state index is 0.0682. The van der Waals surface area contributed by atoms with Crippen LogP contribution in [0.5, 0.6) is 0 Å². The highest BCUT2D eigenvalue weighted by atomic mass is 16.6. The number of carbonyl (C=O) groups is 3. The summed E-state index contributed by atoms with van der Waals surface area (Å²) in [5.41, 5.74) is 0. The summed E-state index contributed by atoms with van der Waals surface area (Å²) in [5.74, 6) is -0.869. The SMILES string of the molecule is CCCCCCCC/C=C\CCCCCCCC(=O)OCC(COC(=O)CCCCCCCCCCCC)OC(=O)CCCCCCCCCCCCC. The van der Waals surface area contributed by atoms with Crippen molar-refractivity contribution >= 4 is 17.9 Å². The van der Waals surface area contributed by atoms with Crippen molar-refractivity contribution in [1.29, 1.82) is 0 Å². The van der Waals surface area contributed by atoms with Gasteiger partial charge in [0.15, 0.2) is 6.10 Å². The van der Waals surface area contributed by atoms with Crippen LogP contribution in [-0.4, -0.2) is 37.2 Å². The van der Waals surface area contributed by atoms with Gasteiger partial charge >= 0.3 is 17.9 Å². The Bertz CT molecular complexity index is 839. The van der Waals surface area contributed by atoms with E-state index < -0.39 is 6.10 Å². The topological polar surface area (TPSA) is 78.9 Å². The van der Waals surface area contributed by atoms with E-state index in [0.717, 1.165) is 64.2 Å². The van der Waals surface area contributed by atoms with Crippen molar-refractivity contribution in [3.05, 3.63) is 12.2 Å². The van der Waals surface area contributed by atoms with E-state index in [0.29, 0.717) is 19.3 Å². The zero-order chi connectivity index (χ0) is 39.4. The fraction of sp³-hybridized carbons (Fsp3) is 0.896. The van der Waals surface area contributed by atoms with Crippen molar-refractivity contribution in [3.8, 4) is 0 Å². The number of hydrogen-bond donors (Lipinski definition) is 0. The number of unbranched alkanes of at least 4 members (excludes halogenated alkanes) is 30. The lowest BCUT2D eigenvalue weighted by Gasteiger charge is -2.18. The smallest absolute Gasteiger partial charge is 0.306 e. The zero-order valence-electron chi connectivity index (χ0n) is 36.3. The summed E-state index contributed by atoms with van der Waals surface area (Å²) in [4.78, 5) is 37.7. The van der Waals surface area contributed by atoms with Gasteiger partial charge in [0.05, 0.1) is 0 Å². The van der Waals surface area contributed by atoms with Crippen molar-refractivity contribution in [2.24, 2.45) is 0 Å². The van der Waals surface area contributed by atoms with Gasteiger partial charge in [-0.15, -0.1) is 0 Å². The van der Waals surface area contributed by atoms with E-state index >= 15 is 0 Å². The Balaban J connectivity index is 4.32. The van der Waals surface area contributed by atoms with Gasteiger partial charge in [-0.3, -0.25) is 14.4 Å². The van der Waals surface area contributed by atoms with Gasteiger partial charge < -0.3 is 14.2 Å². The van der Waals surface area contributed by atoms with Crippen LogP contribution in [0.1, 0.15) is 258 Å². The molecule has 0 aromatic carbocycles. The summed E-state index contributed by atoms with van der Waals surface area (Å²) in [6.45, 7) is 6.62. The van der Waals surface area contributed by atoms with E-state index in [-0.39, 0.29) is 31.1 Å². The van der Waals surface area contributed by atoms with Crippen molar-refractivity contribution in [2.75, 3.05) is 13.2 Å². The number of carbonyl (C=O) groups excluding carboxylic acids is 3. The van der Waals surface area contributed by atoms with E-state index in [1.54, 1.807) is 0 Å². The normalized spacial score (nSPS) is 12.0. The largest absolute Gasteiger partial charge is 0.462 e. The standard InChI is InChI=1S/C48H90O6/c1-4-7-10-13-16-19-22-23-24-25-27-29-32-35-38-41-47(50)53-44-45(43-52-46(49)40-37-34-31-28-21-18-15-12-9-6-3)54-48(51)42-39-36-33-30-26-20-17-14-11-8-5-2/h23-24,45H,4-22,25-44H2,1-3H3/b24-23-. The highest BCUT2D eigenvalue weighted by Crippen LogP contribution is 2.15. The monoisotopic (exact) mass is 763 g/mol. The molecule has 0 aliphatic carbocycles. The second-order valence-electron chi connectivity index (χ2n) is 16.0. The first-order chi connectivity index (χ1) is 26.5. The molecule has 0 saturated carbocycles. The summed E-state index contributed by atoms with van der Waals surface area (Å²) < 4.78 is 16.7. The van der Waals surface area contributed by atoms with E-state index in [1.165, 1.54) is 154 Å². The molecule has 0 aliphatic rings. The van der Waals surface area contributed by atoms with E-state index in [9.17, 15) is 14.4 Å². The van der Waals surface area contributed by atoms with Crippen molar-refractivity contribution in [3.63, 3.8) is 0 Å². The summed E-state index contributed by atoms with van der Waals surface area (Å²) in [6.07, 6.45) is 46.2. The van der Waals surface area contributed by atoms with Gasteiger partial charge in [-0.2, -0.15) is 0 Å². The van der Waals surface area contributed by atoms with Crippen LogP contribution in [0.2, 0.25) is 0 Å². The highest BCUT2D eigenvalue weighted by molar-refractivity contribution is 5.71. The molecular formula is C48H90O6. The third kappa shape index (κ3) is 41.3. The minimum Gasteiger partial charge on any atom is -0.462 e. The molecular weight excluding hydrogens is 673 g/mol. The van der Waals surface area contributed by atoms with Crippen molar-refractivity contribution in [1.82, 2.24) is 0 Å². The van der Waals surface area contributed by atoms with Crippen LogP contribution < -0.4 is 0 Å². The van der Waals surface area contributed by atoms with Gasteiger partial charge in [0.2, 0.25) is 0 Å². The van der Waals surface area contributed by atoms with Gasteiger partial charge in [0.1, 0.15) is 13.2 Å². The molecule has 0 rings (SSSR count). The Labute approximate surface area is 335 Å². The lowest BCUT2D eigenvalue weighted by atomic mass is 10.1. The first-order valence-electron chi connectivity index (χ1n) is 23.7. The van der Waals surface area contributed by atoms with Gasteiger partial charge in [-0.05, 0) is 44.9 Å². The third-order valence-electron chi connectivity index (χ3n) is 10.5. The summed E-state index contributed by atoms with van der Waals surface area (Å²) >= 11 is 0. The van der Waals surface area contributed by atoms with Crippen LogP contribution in [0.25, 0.3) is 0 Å². The highest BCUT2D eigenvalue weighted by Gasteiger charge is 2.19. The van der Waals surface area contributed by atoms with E-state index in [2.05, 4.69) is 32.9 Å². The second-order valence-corrected chi connectivity index (χ2v) is 16.0. The van der Waals surface area contributed by atoms with Crippen LogP contribution in [-0.2, 0) is 28.6 Å². The molecule has 0 radical (unpaired) electrons. The molecule has 0 N–H and O–H groups in total. The Morgan fingerprint density at radius 3 is 0.926 bits per heavy atom. The van der Waals surface area contributed by atoms with Crippen LogP contribution in [0, 0.1) is 0 Å². The summed E-state index contributed by atoms with van der Waals surface area (Å²) in [6, 6.07) is 0. The average Bonchev–Trinajstić information content (AvgIpc) is 3.17. The molecule has 0 amide bonds. The molecule has 0 aromatic heterocycles. The number of esters is 3.